The van der Waals surface area contributed by atoms with Gasteiger partial charge in [0.1, 0.15) is 0 Å². The summed E-state index contributed by atoms with van der Waals surface area (Å²) in [5.41, 5.74) is 0. The molecular formula is C15H29N3O. The van der Waals surface area contributed by atoms with Gasteiger partial charge in [0, 0.05) is 19.6 Å². The lowest BCUT2D eigenvalue weighted by molar-refractivity contribution is -0.131. The molecule has 0 bridgehead atoms. The molecule has 0 aromatic carbocycles. The predicted octanol–water partition coefficient (Wildman–Crippen LogP) is 1.32. The summed E-state index contributed by atoms with van der Waals surface area (Å²) in [5.74, 6) is 1.08. The van der Waals surface area contributed by atoms with Crippen molar-refractivity contribution in [1.29, 1.82) is 0 Å². The average molecular weight is 267 g/mol. The van der Waals surface area contributed by atoms with Crippen molar-refractivity contribution in [3.8, 4) is 0 Å². The Labute approximate surface area is 117 Å². The Morgan fingerprint density at radius 1 is 1.21 bits per heavy atom. The van der Waals surface area contributed by atoms with Gasteiger partial charge in [-0.1, -0.05) is 6.92 Å². The number of hydrogen-bond donors (Lipinski definition) is 1. The Morgan fingerprint density at radius 3 is 2.47 bits per heavy atom. The van der Waals surface area contributed by atoms with E-state index >= 15 is 0 Å². The van der Waals surface area contributed by atoms with Crippen LogP contribution in [0.2, 0.25) is 0 Å². The van der Waals surface area contributed by atoms with E-state index in [2.05, 4.69) is 17.1 Å². The molecule has 0 spiro atoms. The van der Waals surface area contributed by atoms with Crippen molar-refractivity contribution in [3.63, 3.8) is 0 Å². The Hall–Kier alpha value is -0.610. The van der Waals surface area contributed by atoms with Crippen LogP contribution in [0.15, 0.2) is 0 Å². The average Bonchev–Trinajstić information content (AvgIpc) is 3.23. The number of rotatable bonds is 7. The van der Waals surface area contributed by atoms with E-state index < -0.39 is 0 Å². The second-order valence-electron chi connectivity index (χ2n) is 6.16. The predicted molar refractivity (Wildman–Crippen MR) is 78.1 cm³/mol. The fourth-order valence-corrected chi connectivity index (χ4v) is 2.95. The molecular weight excluding hydrogens is 238 g/mol. The molecule has 1 N–H and O–H groups in total. The van der Waals surface area contributed by atoms with E-state index in [9.17, 15) is 4.79 Å². The zero-order valence-corrected chi connectivity index (χ0v) is 12.5. The van der Waals surface area contributed by atoms with Crippen molar-refractivity contribution in [2.45, 2.75) is 45.1 Å². The van der Waals surface area contributed by atoms with E-state index in [0.29, 0.717) is 18.5 Å². The first-order valence-corrected chi connectivity index (χ1v) is 7.89. The van der Waals surface area contributed by atoms with Crippen molar-refractivity contribution in [1.82, 2.24) is 15.1 Å². The lowest BCUT2D eigenvalue weighted by Crippen LogP contribution is -2.43. The maximum Gasteiger partial charge on any atom is 0.236 e. The van der Waals surface area contributed by atoms with Gasteiger partial charge >= 0.3 is 0 Å². The van der Waals surface area contributed by atoms with Crippen LogP contribution in [-0.2, 0) is 4.79 Å². The second-order valence-corrected chi connectivity index (χ2v) is 6.16. The van der Waals surface area contributed by atoms with Crippen molar-refractivity contribution < 1.29 is 4.79 Å². The van der Waals surface area contributed by atoms with E-state index in [0.717, 1.165) is 38.5 Å². The molecule has 2 fully saturated rings. The van der Waals surface area contributed by atoms with Gasteiger partial charge in [-0.25, -0.2) is 0 Å². The summed E-state index contributed by atoms with van der Waals surface area (Å²) in [4.78, 5) is 16.6. The van der Waals surface area contributed by atoms with Gasteiger partial charge < -0.3 is 10.2 Å². The normalized spacial score (nSPS) is 20.8. The third-order valence-electron chi connectivity index (χ3n) is 4.36. The minimum absolute atomic E-state index is 0.310. The van der Waals surface area contributed by atoms with Crippen LogP contribution in [0.25, 0.3) is 0 Å². The SMILES string of the molecule is CCCN(CC(=O)N(C)C1CC1)CC1CCNCC1. The van der Waals surface area contributed by atoms with Gasteiger partial charge in [-0.3, -0.25) is 9.69 Å². The van der Waals surface area contributed by atoms with Crippen molar-refractivity contribution in [2.24, 2.45) is 5.92 Å². The summed E-state index contributed by atoms with van der Waals surface area (Å²) in [6.07, 6.45) is 6.04. The maximum absolute atomic E-state index is 12.2. The highest BCUT2D eigenvalue weighted by molar-refractivity contribution is 5.78. The maximum atomic E-state index is 12.2. The first-order valence-electron chi connectivity index (χ1n) is 7.89. The van der Waals surface area contributed by atoms with Gasteiger partial charge in [-0.05, 0) is 57.7 Å². The van der Waals surface area contributed by atoms with Crippen LogP contribution in [0.4, 0.5) is 0 Å². The van der Waals surface area contributed by atoms with Crippen LogP contribution in [0.1, 0.15) is 39.0 Å². The molecule has 1 saturated heterocycles. The van der Waals surface area contributed by atoms with Gasteiger partial charge in [0.05, 0.1) is 6.54 Å². The highest BCUT2D eigenvalue weighted by Gasteiger charge is 2.30. The largest absolute Gasteiger partial charge is 0.342 e. The zero-order valence-electron chi connectivity index (χ0n) is 12.5. The minimum atomic E-state index is 0.310. The van der Waals surface area contributed by atoms with Gasteiger partial charge in [0.15, 0.2) is 0 Å². The van der Waals surface area contributed by atoms with Crippen LogP contribution >= 0.6 is 0 Å². The van der Waals surface area contributed by atoms with Gasteiger partial charge in [0.2, 0.25) is 5.91 Å². The Morgan fingerprint density at radius 2 is 1.89 bits per heavy atom. The first kappa shape index (κ1) is 14.8. The van der Waals surface area contributed by atoms with E-state index in [-0.39, 0.29) is 0 Å². The number of nitrogens with zero attached hydrogens (tertiary/aromatic N) is 2. The molecule has 1 amide bonds. The summed E-state index contributed by atoms with van der Waals surface area (Å²) in [5, 5.41) is 3.41. The van der Waals surface area contributed by atoms with E-state index in [1.807, 2.05) is 11.9 Å². The summed E-state index contributed by atoms with van der Waals surface area (Å²) in [6.45, 7) is 7.24. The molecule has 2 rings (SSSR count). The third-order valence-corrected chi connectivity index (χ3v) is 4.36. The summed E-state index contributed by atoms with van der Waals surface area (Å²) >= 11 is 0. The van der Waals surface area contributed by atoms with Crippen molar-refractivity contribution in [3.05, 3.63) is 0 Å². The Bertz CT molecular complexity index is 285. The number of piperidine rings is 1. The first-order chi connectivity index (χ1) is 9.20. The summed E-state index contributed by atoms with van der Waals surface area (Å²) in [7, 11) is 1.97. The van der Waals surface area contributed by atoms with Crippen LogP contribution in [0.5, 0.6) is 0 Å². The number of carbonyl (C=O) groups excluding carboxylic acids is 1. The Kier molecular flexibility index (Phi) is 5.64. The van der Waals surface area contributed by atoms with Crippen LogP contribution in [0.3, 0.4) is 0 Å². The van der Waals surface area contributed by atoms with E-state index in [1.165, 1.54) is 25.7 Å². The Balaban J connectivity index is 1.78. The quantitative estimate of drug-likeness (QED) is 0.755. The van der Waals surface area contributed by atoms with Crippen molar-refractivity contribution >= 4 is 5.91 Å². The molecule has 2 aliphatic rings. The fraction of sp³-hybridized carbons (Fsp3) is 0.933. The molecule has 19 heavy (non-hydrogen) atoms. The van der Waals surface area contributed by atoms with Crippen LogP contribution < -0.4 is 5.32 Å². The highest BCUT2D eigenvalue weighted by atomic mass is 16.2. The number of likely N-dealkylation sites (N-methyl/N-ethyl adjacent to an activating group) is 1. The molecule has 0 atom stereocenters. The molecule has 0 aromatic heterocycles. The lowest BCUT2D eigenvalue weighted by atomic mass is 9.97. The topological polar surface area (TPSA) is 35.6 Å². The van der Waals surface area contributed by atoms with E-state index in [4.69, 9.17) is 0 Å². The number of amides is 1. The standard InChI is InChI=1S/C15H29N3O/c1-3-10-18(11-13-6-8-16-9-7-13)12-15(19)17(2)14-4-5-14/h13-14,16H,3-12H2,1-2H3. The number of nitrogens with one attached hydrogen (secondary N) is 1. The van der Waals surface area contributed by atoms with Gasteiger partial charge in [-0.2, -0.15) is 0 Å². The molecule has 4 nitrogen and oxygen atoms in total. The molecule has 4 heteroatoms. The molecule has 1 heterocycles. The molecule has 0 unspecified atom stereocenters. The molecule has 1 aliphatic carbocycles. The molecule has 1 aliphatic heterocycles. The van der Waals surface area contributed by atoms with Gasteiger partial charge in [0.25, 0.3) is 0 Å². The number of hydrogen-bond acceptors (Lipinski definition) is 3. The smallest absolute Gasteiger partial charge is 0.236 e. The monoisotopic (exact) mass is 267 g/mol. The lowest BCUT2D eigenvalue weighted by Gasteiger charge is -2.30. The fourth-order valence-electron chi connectivity index (χ4n) is 2.95. The molecule has 0 aromatic rings. The second kappa shape index (κ2) is 7.25. The van der Waals surface area contributed by atoms with Gasteiger partial charge in [-0.15, -0.1) is 0 Å². The number of carbonyl (C=O) groups is 1. The third kappa shape index (κ3) is 4.77. The minimum Gasteiger partial charge on any atom is -0.342 e. The summed E-state index contributed by atoms with van der Waals surface area (Å²) < 4.78 is 0. The highest BCUT2D eigenvalue weighted by Crippen LogP contribution is 2.25. The van der Waals surface area contributed by atoms with Crippen molar-refractivity contribution in [2.75, 3.05) is 39.8 Å². The van der Waals surface area contributed by atoms with Crippen LogP contribution in [-0.4, -0.2) is 61.5 Å². The molecule has 0 radical (unpaired) electrons. The van der Waals surface area contributed by atoms with Crippen LogP contribution in [0, 0.1) is 5.92 Å². The molecule has 1 saturated carbocycles. The zero-order chi connectivity index (χ0) is 13.7. The van der Waals surface area contributed by atoms with E-state index in [1.54, 1.807) is 0 Å². The molecule has 110 valence electrons. The summed E-state index contributed by atoms with van der Waals surface area (Å²) in [6, 6.07) is 0.537.